The van der Waals surface area contributed by atoms with E-state index in [4.69, 9.17) is 9.47 Å². The van der Waals surface area contributed by atoms with Gasteiger partial charge in [0, 0.05) is 29.7 Å². The Labute approximate surface area is 208 Å². The molecule has 1 saturated carbocycles. The van der Waals surface area contributed by atoms with E-state index in [2.05, 4.69) is 4.98 Å². The molecule has 3 aliphatic carbocycles. The van der Waals surface area contributed by atoms with Gasteiger partial charge in [-0.05, 0) is 82.3 Å². The lowest BCUT2D eigenvalue weighted by Crippen LogP contribution is -2.13. The number of aromatic nitrogens is 1. The molecule has 0 aliphatic heterocycles. The molecule has 3 aromatic rings. The van der Waals surface area contributed by atoms with Crippen LogP contribution in [0.5, 0.6) is 11.6 Å². The fourth-order valence-corrected chi connectivity index (χ4v) is 6.38. The molecule has 36 heavy (non-hydrogen) atoms. The van der Waals surface area contributed by atoms with Gasteiger partial charge >= 0.3 is 5.97 Å². The van der Waals surface area contributed by atoms with Crippen molar-refractivity contribution < 1.29 is 28.2 Å². The average molecular weight is 492 g/mol. The summed E-state index contributed by atoms with van der Waals surface area (Å²) in [5.41, 5.74) is 4.42. The van der Waals surface area contributed by atoms with E-state index in [1.165, 1.54) is 6.07 Å². The maximum absolute atomic E-state index is 15.2. The monoisotopic (exact) mass is 491 g/mol. The lowest BCUT2D eigenvalue weighted by molar-refractivity contribution is -0.139. The molecular formula is C29H27F2NO4. The number of fused-ring (bicyclic) bond motifs is 4. The van der Waals surface area contributed by atoms with Crippen molar-refractivity contribution in [1.82, 2.24) is 4.98 Å². The minimum atomic E-state index is -0.752. The molecule has 0 radical (unpaired) electrons. The van der Waals surface area contributed by atoms with Crippen LogP contribution in [0.1, 0.15) is 65.5 Å². The van der Waals surface area contributed by atoms with Crippen molar-refractivity contribution >= 4 is 5.97 Å². The molecule has 0 bridgehead atoms. The van der Waals surface area contributed by atoms with Gasteiger partial charge in [-0.1, -0.05) is 13.8 Å². The number of aliphatic carboxylic acids is 1. The zero-order valence-electron chi connectivity index (χ0n) is 20.3. The molecule has 7 heteroatoms. The van der Waals surface area contributed by atoms with Crippen molar-refractivity contribution in [3.8, 4) is 11.6 Å². The highest BCUT2D eigenvalue weighted by Gasteiger charge is 2.60. The van der Waals surface area contributed by atoms with Gasteiger partial charge in [0.1, 0.15) is 24.0 Å². The number of nitrogens with zero attached hydrogens (tertiary/aromatic N) is 1. The first-order valence-corrected chi connectivity index (χ1v) is 12.2. The molecule has 1 fully saturated rings. The second-order valence-corrected chi connectivity index (χ2v) is 10.8. The number of halogens is 2. The van der Waals surface area contributed by atoms with Crippen molar-refractivity contribution in [1.29, 1.82) is 0 Å². The Morgan fingerprint density at radius 3 is 2.67 bits per heavy atom. The second-order valence-electron chi connectivity index (χ2n) is 10.8. The molecule has 1 aromatic heterocycles. The van der Waals surface area contributed by atoms with Gasteiger partial charge in [-0.25, -0.2) is 13.8 Å². The van der Waals surface area contributed by atoms with E-state index in [9.17, 15) is 14.3 Å². The van der Waals surface area contributed by atoms with Crippen LogP contribution in [0.2, 0.25) is 0 Å². The first kappa shape index (κ1) is 23.0. The molecule has 3 aliphatic rings. The topological polar surface area (TPSA) is 68.7 Å². The number of benzene rings is 2. The van der Waals surface area contributed by atoms with Crippen LogP contribution in [0.3, 0.4) is 0 Å². The number of carboxylic acid groups (broad SMARTS) is 1. The third-order valence-electron chi connectivity index (χ3n) is 8.26. The molecule has 2 aromatic carbocycles. The molecule has 1 N–H and O–H groups in total. The number of pyridine rings is 1. The molecule has 5 nitrogen and oxygen atoms in total. The number of hydrogen-bond donors (Lipinski definition) is 1. The van der Waals surface area contributed by atoms with Gasteiger partial charge in [-0.15, -0.1) is 0 Å². The van der Waals surface area contributed by atoms with E-state index in [0.717, 1.165) is 22.3 Å². The highest BCUT2D eigenvalue weighted by molar-refractivity contribution is 5.77. The van der Waals surface area contributed by atoms with Crippen LogP contribution in [0.15, 0.2) is 42.6 Å². The highest BCUT2D eigenvalue weighted by Crippen LogP contribution is 2.61. The summed E-state index contributed by atoms with van der Waals surface area (Å²) in [6.45, 7) is 4.09. The number of carbonyl (C=O) groups is 1. The molecule has 0 saturated heterocycles. The summed E-state index contributed by atoms with van der Waals surface area (Å²) in [6.07, 6.45) is 3.05. The zero-order chi connectivity index (χ0) is 25.4. The third-order valence-corrected chi connectivity index (χ3v) is 8.26. The van der Waals surface area contributed by atoms with Crippen LogP contribution in [0.4, 0.5) is 8.78 Å². The highest BCUT2D eigenvalue weighted by atomic mass is 19.1. The second kappa shape index (κ2) is 8.02. The molecule has 1 unspecified atom stereocenters. The van der Waals surface area contributed by atoms with Crippen LogP contribution in [0, 0.1) is 23.5 Å². The Bertz CT molecular complexity index is 1400. The number of methoxy groups -OCH3 is 1. The van der Waals surface area contributed by atoms with Gasteiger partial charge in [0.2, 0.25) is 5.88 Å². The van der Waals surface area contributed by atoms with Crippen molar-refractivity contribution in [3.63, 3.8) is 0 Å². The number of rotatable bonds is 6. The van der Waals surface area contributed by atoms with Gasteiger partial charge in [0.25, 0.3) is 0 Å². The standard InChI is InChI=1S/C29H27F2NO4/c1-29(2)11-20(18-9-16(35-3)4-5-23(18)30)17-7-15(24(31)10-22(17)29)13-36-25-8-14-6-19-26(21(14)12-32-25)27(19)28(33)34/h4-5,7-10,12,19-20,26-27H,6,11,13H2,1-3H3,(H,33,34)/t19-,20?,26-,27+/m1/s1. The molecule has 0 amide bonds. The summed E-state index contributed by atoms with van der Waals surface area (Å²) in [7, 11) is 1.55. The largest absolute Gasteiger partial charge is 0.497 e. The molecule has 4 atom stereocenters. The SMILES string of the molecule is COc1ccc(F)c(C2CC(C)(C)c3cc(F)c(COc4cc5c(cn4)[C@H]4[C@@H](C5)[C@@H]4C(=O)O)cc32)c1. The maximum atomic E-state index is 15.2. The fourth-order valence-electron chi connectivity index (χ4n) is 6.38. The Hall–Kier alpha value is -3.48. The van der Waals surface area contributed by atoms with Gasteiger partial charge in [-0.3, -0.25) is 4.79 Å². The van der Waals surface area contributed by atoms with Gasteiger partial charge in [-0.2, -0.15) is 0 Å². The summed E-state index contributed by atoms with van der Waals surface area (Å²) < 4.78 is 41.2. The first-order chi connectivity index (χ1) is 17.2. The average Bonchev–Trinajstić information content (AvgIpc) is 3.34. The Morgan fingerprint density at radius 2 is 1.92 bits per heavy atom. The number of ether oxygens (including phenoxy) is 2. The van der Waals surface area contributed by atoms with Crippen molar-refractivity contribution in [2.75, 3.05) is 7.11 Å². The van der Waals surface area contributed by atoms with Crippen molar-refractivity contribution in [2.24, 2.45) is 11.8 Å². The zero-order valence-corrected chi connectivity index (χ0v) is 20.3. The molecule has 0 spiro atoms. The summed E-state index contributed by atoms with van der Waals surface area (Å²) in [5, 5.41) is 9.30. The van der Waals surface area contributed by atoms with E-state index in [1.807, 2.05) is 19.9 Å². The predicted molar refractivity (Wildman–Crippen MR) is 128 cm³/mol. The van der Waals surface area contributed by atoms with E-state index < -0.39 is 5.97 Å². The molecule has 186 valence electrons. The summed E-state index contributed by atoms with van der Waals surface area (Å²) in [4.78, 5) is 15.7. The lowest BCUT2D eigenvalue weighted by atomic mass is 9.85. The summed E-state index contributed by atoms with van der Waals surface area (Å²) in [5.74, 6) is -0.798. The first-order valence-electron chi connectivity index (χ1n) is 12.2. The van der Waals surface area contributed by atoms with Crippen LogP contribution >= 0.6 is 0 Å². The van der Waals surface area contributed by atoms with Crippen LogP contribution in [-0.4, -0.2) is 23.2 Å². The third kappa shape index (κ3) is 3.55. The Balaban J connectivity index is 1.26. The van der Waals surface area contributed by atoms with Gasteiger partial charge in [0.15, 0.2) is 0 Å². The Morgan fingerprint density at radius 1 is 1.11 bits per heavy atom. The minimum Gasteiger partial charge on any atom is -0.497 e. The predicted octanol–water partition coefficient (Wildman–Crippen LogP) is 5.73. The van der Waals surface area contributed by atoms with E-state index in [0.29, 0.717) is 35.6 Å². The van der Waals surface area contributed by atoms with E-state index >= 15 is 4.39 Å². The van der Waals surface area contributed by atoms with Crippen molar-refractivity contribution in [3.05, 3.63) is 87.6 Å². The van der Waals surface area contributed by atoms with Gasteiger partial charge in [0.05, 0.1) is 13.0 Å². The quantitative estimate of drug-likeness (QED) is 0.477. The van der Waals surface area contributed by atoms with Crippen molar-refractivity contribution in [2.45, 2.75) is 50.5 Å². The number of hydrogen-bond acceptors (Lipinski definition) is 4. The lowest BCUT2D eigenvalue weighted by Gasteiger charge is -2.20. The normalized spacial score (nSPS) is 24.6. The van der Waals surface area contributed by atoms with E-state index in [-0.39, 0.29) is 47.3 Å². The van der Waals surface area contributed by atoms with Crippen LogP contribution < -0.4 is 9.47 Å². The van der Waals surface area contributed by atoms with Crippen LogP contribution in [-0.2, 0) is 23.2 Å². The summed E-state index contributed by atoms with van der Waals surface area (Å²) in [6, 6.07) is 9.92. The van der Waals surface area contributed by atoms with Crippen LogP contribution in [0.25, 0.3) is 0 Å². The minimum absolute atomic E-state index is 0.0107. The number of carboxylic acids is 1. The smallest absolute Gasteiger partial charge is 0.307 e. The van der Waals surface area contributed by atoms with Gasteiger partial charge < -0.3 is 14.6 Å². The summed E-state index contributed by atoms with van der Waals surface area (Å²) >= 11 is 0. The molecule has 1 heterocycles. The maximum Gasteiger partial charge on any atom is 0.307 e. The molecular weight excluding hydrogens is 464 g/mol. The molecule has 6 rings (SSSR count). The fraction of sp³-hybridized carbons (Fsp3) is 0.379. The Kier molecular flexibility index (Phi) is 5.11. The van der Waals surface area contributed by atoms with E-state index in [1.54, 1.807) is 37.6 Å².